The average molecular weight is 388 g/mol. The summed E-state index contributed by atoms with van der Waals surface area (Å²) in [5.41, 5.74) is 2.91. The van der Waals surface area contributed by atoms with Crippen molar-refractivity contribution in [2.24, 2.45) is 0 Å². The van der Waals surface area contributed by atoms with E-state index in [0.29, 0.717) is 18.7 Å². The molecule has 5 rings (SSSR count). The Morgan fingerprint density at radius 3 is 2.90 bits per heavy atom. The van der Waals surface area contributed by atoms with E-state index < -0.39 is 0 Å². The summed E-state index contributed by atoms with van der Waals surface area (Å²) < 4.78 is 9.85. The minimum atomic E-state index is -0.129. The molecule has 0 amide bonds. The van der Waals surface area contributed by atoms with E-state index in [2.05, 4.69) is 33.5 Å². The van der Waals surface area contributed by atoms with E-state index in [1.54, 1.807) is 18.6 Å². The summed E-state index contributed by atoms with van der Waals surface area (Å²) in [5, 5.41) is 4.32. The second kappa shape index (κ2) is 6.73. The number of hydrogen-bond acceptors (Lipinski definition) is 5. The van der Waals surface area contributed by atoms with Crippen LogP contribution in [0, 0.1) is 0 Å². The predicted molar refractivity (Wildman–Crippen MR) is 109 cm³/mol. The molecule has 0 saturated carbocycles. The minimum absolute atomic E-state index is 0.129. The van der Waals surface area contributed by atoms with Crippen LogP contribution in [-0.2, 0) is 6.54 Å². The third-order valence-corrected chi connectivity index (χ3v) is 5.01. The van der Waals surface area contributed by atoms with E-state index in [1.807, 2.05) is 35.1 Å². The molecule has 146 valence electrons. The highest BCUT2D eigenvalue weighted by atomic mass is 16.5. The van der Waals surface area contributed by atoms with Crippen molar-refractivity contribution in [1.82, 2.24) is 29.3 Å². The molecule has 1 N–H and O–H groups in total. The Bertz CT molecular complexity index is 1250. The summed E-state index contributed by atoms with van der Waals surface area (Å²) in [6, 6.07) is 9.57. The van der Waals surface area contributed by atoms with Gasteiger partial charge in [0.25, 0.3) is 5.56 Å². The van der Waals surface area contributed by atoms with Gasteiger partial charge in [-0.1, -0.05) is 6.07 Å². The highest BCUT2D eigenvalue weighted by molar-refractivity contribution is 5.75. The maximum atomic E-state index is 12.2. The SMILES string of the molecule is CC(C)n1ncnc1-c1cn2c(n1)-c1cc(-c3ccc[nH]c3=O)ccc1OCC2. The number of imidazole rings is 1. The van der Waals surface area contributed by atoms with Gasteiger partial charge in [0, 0.05) is 24.0 Å². The fourth-order valence-corrected chi connectivity index (χ4v) is 3.62. The molecule has 0 bridgehead atoms. The summed E-state index contributed by atoms with van der Waals surface area (Å²) in [4.78, 5) is 24.2. The van der Waals surface area contributed by atoms with Gasteiger partial charge >= 0.3 is 0 Å². The second-order valence-corrected chi connectivity index (χ2v) is 7.24. The fourth-order valence-electron chi connectivity index (χ4n) is 3.62. The second-order valence-electron chi connectivity index (χ2n) is 7.24. The summed E-state index contributed by atoms with van der Waals surface area (Å²) in [7, 11) is 0. The number of aromatic amines is 1. The van der Waals surface area contributed by atoms with Gasteiger partial charge in [0.2, 0.25) is 0 Å². The zero-order valence-electron chi connectivity index (χ0n) is 16.2. The van der Waals surface area contributed by atoms with Gasteiger partial charge in [-0.25, -0.2) is 14.6 Å². The zero-order valence-corrected chi connectivity index (χ0v) is 16.2. The van der Waals surface area contributed by atoms with E-state index in [1.165, 1.54) is 0 Å². The molecule has 0 atom stereocenters. The predicted octanol–water partition coefficient (Wildman–Crippen LogP) is 3.14. The Kier molecular flexibility index (Phi) is 4.04. The third kappa shape index (κ3) is 2.93. The lowest BCUT2D eigenvalue weighted by Crippen LogP contribution is -2.07. The van der Waals surface area contributed by atoms with E-state index in [0.717, 1.165) is 34.2 Å². The smallest absolute Gasteiger partial charge is 0.255 e. The summed E-state index contributed by atoms with van der Waals surface area (Å²) in [6.07, 6.45) is 5.16. The average Bonchev–Trinajstić information content (AvgIpc) is 3.33. The van der Waals surface area contributed by atoms with Crippen LogP contribution in [0.25, 0.3) is 34.0 Å². The number of nitrogens with one attached hydrogen (secondary N) is 1. The molecule has 4 heterocycles. The van der Waals surface area contributed by atoms with Crippen molar-refractivity contribution in [2.45, 2.75) is 26.4 Å². The van der Waals surface area contributed by atoms with Gasteiger partial charge < -0.3 is 14.3 Å². The molecule has 0 saturated heterocycles. The first-order chi connectivity index (χ1) is 14.1. The lowest BCUT2D eigenvalue weighted by molar-refractivity contribution is 0.306. The summed E-state index contributed by atoms with van der Waals surface area (Å²) >= 11 is 0. The number of hydrogen-bond donors (Lipinski definition) is 1. The van der Waals surface area contributed by atoms with Gasteiger partial charge in [-0.05, 0) is 43.7 Å². The van der Waals surface area contributed by atoms with Gasteiger partial charge in [-0.2, -0.15) is 5.10 Å². The molecule has 0 spiro atoms. The van der Waals surface area contributed by atoms with Gasteiger partial charge in [0.15, 0.2) is 5.82 Å². The van der Waals surface area contributed by atoms with E-state index in [-0.39, 0.29) is 11.6 Å². The number of nitrogens with zero attached hydrogens (tertiary/aromatic N) is 5. The van der Waals surface area contributed by atoms with Crippen LogP contribution in [0.4, 0.5) is 0 Å². The standard InChI is InChI=1S/C21H20N6O2/c1-13(2)27-20(23-12-24-27)17-11-26-8-9-29-18-6-5-14(10-16(18)19(26)25-17)15-4-3-7-22-21(15)28/h3-7,10-13H,8-9H2,1-2H3,(H,22,28). The van der Waals surface area contributed by atoms with Crippen LogP contribution >= 0.6 is 0 Å². The Hall–Kier alpha value is -3.68. The quantitative estimate of drug-likeness (QED) is 0.582. The maximum Gasteiger partial charge on any atom is 0.255 e. The Morgan fingerprint density at radius 2 is 2.07 bits per heavy atom. The fraction of sp³-hybridized carbons (Fsp3) is 0.238. The topological polar surface area (TPSA) is 90.6 Å². The van der Waals surface area contributed by atoms with Crippen LogP contribution in [0.2, 0.25) is 0 Å². The van der Waals surface area contributed by atoms with Crippen LogP contribution < -0.4 is 10.3 Å². The number of ether oxygens (including phenoxy) is 1. The lowest BCUT2D eigenvalue weighted by Gasteiger charge is -2.09. The Balaban J connectivity index is 1.66. The summed E-state index contributed by atoms with van der Waals surface area (Å²) in [6.45, 7) is 5.34. The molecule has 0 unspecified atom stereocenters. The summed E-state index contributed by atoms with van der Waals surface area (Å²) in [5.74, 6) is 2.28. The van der Waals surface area contributed by atoms with Crippen molar-refractivity contribution in [3.8, 4) is 39.8 Å². The number of aromatic nitrogens is 6. The lowest BCUT2D eigenvalue weighted by atomic mass is 10.0. The first kappa shape index (κ1) is 17.4. The monoisotopic (exact) mass is 388 g/mol. The third-order valence-electron chi connectivity index (χ3n) is 5.01. The zero-order chi connectivity index (χ0) is 20.0. The van der Waals surface area contributed by atoms with E-state index in [9.17, 15) is 4.79 Å². The molecule has 0 fully saturated rings. The molecule has 8 heteroatoms. The van der Waals surface area contributed by atoms with Gasteiger partial charge in [-0.3, -0.25) is 4.79 Å². The molecule has 8 nitrogen and oxygen atoms in total. The Labute approximate surface area is 166 Å². The largest absolute Gasteiger partial charge is 0.491 e. The van der Waals surface area contributed by atoms with Crippen molar-refractivity contribution in [3.05, 3.63) is 59.4 Å². The number of benzene rings is 1. The molecule has 4 aromatic rings. The van der Waals surface area contributed by atoms with Crippen molar-refractivity contribution < 1.29 is 4.74 Å². The molecule has 1 aliphatic rings. The maximum absolute atomic E-state index is 12.2. The molecular formula is C21H20N6O2. The molecule has 0 radical (unpaired) electrons. The molecule has 1 aromatic carbocycles. The molecule has 0 aliphatic carbocycles. The highest BCUT2D eigenvalue weighted by Crippen LogP contribution is 2.36. The van der Waals surface area contributed by atoms with Crippen LogP contribution in [-0.4, -0.2) is 35.9 Å². The Morgan fingerprint density at radius 1 is 1.17 bits per heavy atom. The van der Waals surface area contributed by atoms with Crippen LogP contribution in [0.3, 0.4) is 0 Å². The van der Waals surface area contributed by atoms with Crippen molar-refractivity contribution in [3.63, 3.8) is 0 Å². The van der Waals surface area contributed by atoms with Crippen LogP contribution in [0.1, 0.15) is 19.9 Å². The minimum Gasteiger partial charge on any atom is -0.491 e. The van der Waals surface area contributed by atoms with E-state index in [4.69, 9.17) is 9.72 Å². The van der Waals surface area contributed by atoms with Gasteiger partial charge in [0.05, 0.1) is 12.1 Å². The molecular weight excluding hydrogens is 368 g/mol. The van der Waals surface area contributed by atoms with Crippen LogP contribution in [0.5, 0.6) is 5.75 Å². The molecule has 3 aromatic heterocycles. The highest BCUT2D eigenvalue weighted by Gasteiger charge is 2.22. The number of H-pyrrole nitrogens is 1. The van der Waals surface area contributed by atoms with Crippen molar-refractivity contribution >= 4 is 0 Å². The number of pyridine rings is 1. The first-order valence-corrected chi connectivity index (χ1v) is 9.54. The first-order valence-electron chi connectivity index (χ1n) is 9.54. The molecule has 29 heavy (non-hydrogen) atoms. The van der Waals surface area contributed by atoms with Crippen molar-refractivity contribution in [2.75, 3.05) is 6.61 Å². The van der Waals surface area contributed by atoms with Crippen molar-refractivity contribution in [1.29, 1.82) is 0 Å². The normalized spacial score (nSPS) is 12.9. The number of fused-ring (bicyclic) bond motifs is 3. The van der Waals surface area contributed by atoms with E-state index >= 15 is 0 Å². The number of rotatable bonds is 3. The molecule has 1 aliphatic heterocycles. The van der Waals surface area contributed by atoms with Gasteiger partial charge in [0.1, 0.15) is 30.2 Å². The van der Waals surface area contributed by atoms with Crippen LogP contribution in [0.15, 0.2) is 53.8 Å². The van der Waals surface area contributed by atoms with Gasteiger partial charge in [-0.15, -0.1) is 0 Å².